The summed E-state index contributed by atoms with van der Waals surface area (Å²) in [5.41, 5.74) is 1.08. The Balaban J connectivity index is 1.99. The van der Waals surface area contributed by atoms with Crippen molar-refractivity contribution in [3.63, 3.8) is 0 Å². The molecule has 2 amide bonds. The van der Waals surface area contributed by atoms with E-state index in [1.807, 2.05) is 59.1 Å². The molecule has 0 bridgehead atoms. The molecular weight excluding hydrogens is 358 g/mol. The number of likely N-dealkylation sites (tertiary alicyclic amines) is 1. The third-order valence-corrected chi connectivity index (χ3v) is 5.00. The monoisotopic (exact) mass is 391 g/mol. The van der Waals surface area contributed by atoms with E-state index < -0.39 is 11.9 Å². The summed E-state index contributed by atoms with van der Waals surface area (Å²) in [5, 5.41) is 12.3. The highest BCUT2D eigenvalue weighted by Gasteiger charge is 2.32. The topological polar surface area (TPSA) is 82.1 Å². The van der Waals surface area contributed by atoms with Gasteiger partial charge in [0.1, 0.15) is 5.75 Å². The fraction of sp³-hybridized carbons (Fsp3) is 0.619. The van der Waals surface area contributed by atoms with Crippen molar-refractivity contribution in [2.75, 3.05) is 33.7 Å². The van der Waals surface area contributed by atoms with Crippen molar-refractivity contribution in [1.82, 2.24) is 15.1 Å². The van der Waals surface area contributed by atoms with Gasteiger partial charge in [-0.25, -0.2) is 4.79 Å². The molecule has 2 N–H and O–H groups in total. The molecule has 1 aliphatic heterocycles. The second kappa shape index (κ2) is 9.78. The summed E-state index contributed by atoms with van der Waals surface area (Å²) in [6, 6.07) is 7.71. The van der Waals surface area contributed by atoms with Crippen LogP contribution in [0.3, 0.4) is 0 Å². The normalized spacial score (nSPS) is 20.9. The fourth-order valence-electron chi connectivity index (χ4n) is 3.63. The number of rotatable bonds is 7. The zero-order chi connectivity index (χ0) is 20.8. The molecule has 1 aliphatic rings. The number of carboxylic acids is 1. The molecule has 0 radical (unpaired) electrons. The molecule has 1 heterocycles. The number of nitrogens with zero attached hydrogens (tertiary/aromatic N) is 2. The number of ether oxygens (including phenoxy) is 1. The van der Waals surface area contributed by atoms with E-state index in [4.69, 9.17) is 4.74 Å². The molecule has 0 aromatic heterocycles. The molecule has 2 rings (SSSR count). The van der Waals surface area contributed by atoms with Crippen LogP contribution in [0.2, 0.25) is 0 Å². The summed E-state index contributed by atoms with van der Waals surface area (Å²) in [7, 11) is 3.94. The van der Waals surface area contributed by atoms with Crippen molar-refractivity contribution in [1.29, 1.82) is 0 Å². The molecule has 0 aliphatic carbocycles. The summed E-state index contributed by atoms with van der Waals surface area (Å²) >= 11 is 0. The first-order chi connectivity index (χ1) is 13.2. The molecule has 3 atom stereocenters. The van der Waals surface area contributed by atoms with E-state index >= 15 is 0 Å². The number of piperidine rings is 1. The Morgan fingerprint density at radius 1 is 1.25 bits per heavy atom. The van der Waals surface area contributed by atoms with Gasteiger partial charge in [-0.1, -0.05) is 19.1 Å². The van der Waals surface area contributed by atoms with Gasteiger partial charge in [0, 0.05) is 19.6 Å². The lowest BCUT2D eigenvalue weighted by molar-refractivity contribution is -0.143. The van der Waals surface area contributed by atoms with Gasteiger partial charge in [-0.15, -0.1) is 0 Å². The minimum absolute atomic E-state index is 0.00883. The van der Waals surface area contributed by atoms with Crippen LogP contribution in [-0.2, 0) is 4.79 Å². The number of likely N-dealkylation sites (N-methyl/N-ethyl adjacent to an activating group) is 1. The summed E-state index contributed by atoms with van der Waals surface area (Å²) in [4.78, 5) is 27.6. The zero-order valence-corrected chi connectivity index (χ0v) is 17.5. The van der Waals surface area contributed by atoms with E-state index in [1.165, 1.54) is 0 Å². The average molecular weight is 392 g/mol. The van der Waals surface area contributed by atoms with E-state index in [-0.39, 0.29) is 30.6 Å². The maximum atomic E-state index is 12.6. The SMILES string of the molecule is CC1CC(C(=O)O)CN(C(=O)NCC(c2ccc(OC(C)C)cc2)N(C)C)C1. The minimum Gasteiger partial charge on any atom is -0.491 e. The lowest BCUT2D eigenvalue weighted by Gasteiger charge is -2.35. The van der Waals surface area contributed by atoms with Crippen molar-refractivity contribution in [3.8, 4) is 5.75 Å². The number of carbonyl (C=O) groups excluding carboxylic acids is 1. The summed E-state index contributed by atoms with van der Waals surface area (Å²) < 4.78 is 5.69. The predicted octanol–water partition coefficient (Wildman–Crippen LogP) is 2.83. The largest absolute Gasteiger partial charge is 0.491 e. The van der Waals surface area contributed by atoms with Crippen molar-refractivity contribution in [2.45, 2.75) is 39.3 Å². The van der Waals surface area contributed by atoms with Gasteiger partial charge in [-0.3, -0.25) is 4.79 Å². The van der Waals surface area contributed by atoms with E-state index in [0.29, 0.717) is 19.5 Å². The molecule has 156 valence electrons. The summed E-state index contributed by atoms with van der Waals surface area (Å²) in [6.45, 7) is 7.26. The number of amides is 2. The standard InChI is InChI=1S/C21H33N3O4/c1-14(2)28-18-8-6-16(7-9-18)19(23(4)5)11-22-21(27)24-12-15(3)10-17(13-24)20(25)26/h6-9,14-15,17,19H,10-13H2,1-5H3,(H,22,27)(H,25,26). The van der Waals surface area contributed by atoms with Crippen molar-refractivity contribution >= 4 is 12.0 Å². The van der Waals surface area contributed by atoms with Crippen LogP contribution in [0, 0.1) is 11.8 Å². The van der Waals surface area contributed by atoms with Crippen LogP contribution in [0.1, 0.15) is 38.8 Å². The highest BCUT2D eigenvalue weighted by atomic mass is 16.5. The second-order valence-electron chi connectivity index (χ2n) is 8.18. The highest BCUT2D eigenvalue weighted by molar-refractivity contribution is 5.76. The molecule has 1 aromatic rings. The van der Waals surface area contributed by atoms with Gasteiger partial charge >= 0.3 is 12.0 Å². The maximum absolute atomic E-state index is 12.6. The Bertz CT molecular complexity index is 660. The Morgan fingerprint density at radius 2 is 1.89 bits per heavy atom. The molecule has 0 spiro atoms. The molecule has 7 nitrogen and oxygen atoms in total. The second-order valence-corrected chi connectivity index (χ2v) is 8.18. The summed E-state index contributed by atoms with van der Waals surface area (Å²) in [6.07, 6.45) is 0.737. The Kier molecular flexibility index (Phi) is 7.69. The summed E-state index contributed by atoms with van der Waals surface area (Å²) in [5.74, 6) is -0.326. The number of hydrogen-bond donors (Lipinski definition) is 2. The number of urea groups is 1. The third kappa shape index (κ3) is 6.12. The number of carboxylic acid groups (broad SMARTS) is 1. The molecule has 7 heteroatoms. The first kappa shape index (κ1) is 22.0. The van der Waals surface area contributed by atoms with Crippen LogP contribution in [-0.4, -0.2) is 66.7 Å². The smallest absolute Gasteiger partial charge is 0.317 e. The molecule has 1 aromatic carbocycles. The number of benzene rings is 1. The zero-order valence-electron chi connectivity index (χ0n) is 17.5. The van der Waals surface area contributed by atoms with E-state index in [2.05, 4.69) is 10.2 Å². The van der Waals surface area contributed by atoms with Gasteiger partial charge in [-0.2, -0.15) is 0 Å². The fourth-order valence-corrected chi connectivity index (χ4v) is 3.63. The van der Waals surface area contributed by atoms with Crippen LogP contribution in [0.25, 0.3) is 0 Å². The average Bonchev–Trinajstić information content (AvgIpc) is 2.61. The number of aliphatic carboxylic acids is 1. The molecule has 3 unspecified atom stereocenters. The molecular formula is C21H33N3O4. The minimum atomic E-state index is -0.834. The third-order valence-electron chi connectivity index (χ3n) is 5.00. The maximum Gasteiger partial charge on any atom is 0.317 e. The van der Waals surface area contributed by atoms with Crippen LogP contribution in [0.5, 0.6) is 5.75 Å². The molecule has 1 fully saturated rings. The molecule has 1 saturated heterocycles. The Morgan fingerprint density at radius 3 is 2.43 bits per heavy atom. The van der Waals surface area contributed by atoms with Crippen molar-refractivity contribution < 1.29 is 19.4 Å². The lowest BCUT2D eigenvalue weighted by Crippen LogP contribution is -2.50. The van der Waals surface area contributed by atoms with Gasteiger partial charge in [-0.05, 0) is 58.0 Å². The van der Waals surface area contributed by atoms with Crippen LogP contribution in [0.4, 0.5) is 4.79 Å². The molecule has 28 heavy (non-hydrogen) atoms. The first-order valence-corrected chi connectivity index (χ1v) is 9.86. The van der Waals surface area contributed by atoms with Crippen LogP contribution in [0.15, 0.2) is 24.3 Å². The van der Waals surface area contributed by atoms with Crippen LogP contribution < -0.4 is 10.1 Å². The van der Waals surface area contributed by atoms with E-state index in [9.17, 15) is 14.7 Å². The number of nitrogens with one attached hydrogen (secondary N) is 1. The van der Waals surface area contributed by atoms with Gasteiger partial charge in [0.25, 0.3) is 0 Å². The van der Waals surface area contributed by atoms with Gasteiger partial charge in [0.15, 0.2) is 0 Å². The first-order valence-electron chi connectivity index (χ1n) is 9.86. The number of carbonyl (C=O) groups is 2. The Hall–Kier alpha value is -2.28. The molecule has 0 saturated carbocycles. The Labute approximate surface area is 167 Å². The van der Waals surface area contributed by atoms with Gasteiger partial charge in [0.2, 0.25) is 0 Å². The van der Waals surface area contributed by atoms with Crippen molar-refractivity contribution in [2.24, 2.45) is 11.8 Å². The van der Waals surface area contributed by atoms with E-state index in [0.717, 1.165) is 11.3 Å². The van der Waals surface area contributed by atoms with Gasteiger partial charge in [0.05, 0.1) is 18.1 Å². The van der Waals surface area contributed by atoms with Gasteiger partial charge < -0.3 is 25.0 Å². The quantitative estimate of drug-likeness (QED) is 0.747. The predicted molar refractivity (Wildman–Crippen MR) is 109 cm³/mol. The lowest BCUT2D eigenvalue weighted by atomic mass is 9.91. The van der Waals surface area contributed by atoms with Crippen molar-refractivity contribution in [3.05, 3.63) is 29.8 Å². The van der Waals surface area contributed by atoms with E-state index in [1.54, 1.807) is 4.90 Å². The highest BCUT2D eigenvalue weighted by Crippen LogP contribution is 2.23. The number of hydrogen-bond acceptors (Lipinski definition) is 4. The van der Waals surface area contributed by atoms with Crippen LogP contribution >= 0.6 is 0 Å².